The average Bonchev–Trinajstić information content (AvgIpc) is 2.81. The van der Waals surface area contributed by atoms with Gasteiger partial charge < -0.3 is 15.0 Å². The van der Waals surface area contributed by atoms with E-state index < -0.39 is 11.6 Å². The number of rotatable bonds is 3. The maximum atomic E-state index is 13.6. The van der Waals surface area contributed by atoms with Crippen molar-refractivity contribution >= 4 is 0 Å². The van der Waals surface area contributed by atoms with Crippen LogP contribution in [-0.4, -0.2) is 17.3 Å². The van der Waals surface area contributed by atoms with Crippen molar-refractivity contribution in [3.05, 3.63) is 29.7 Å². The van der Waals surface area contributed by atoms with Crippen molar-refractivity contribution in [3.8, 4) is 17.1 Å². The van der Waals surface area contributed by atoms with Crippen LogP contribution in [-0.2, 0) is 6.54 Å². The third-order valence-corrected chi connectivity index (χ3v) is 2.15. The molecule has 0 bridgehead atoms. The van der Waals surface area contributed by atoms with Crippen LogP contribution in [0.25, 0.3) is 11.4 Å². The van der Waals surface area contributed by atoms with Crippen molar-refractivity contribution in [2.45, 2.75) is 6.54 Å². The van der Waals surface area contributed by atoms with Crippen molar-refractivity contribution in [2.24, 2.45) is 5.73 Å². The highest BCUT2D eigenvalue weighted by Gasteiger charge is 2.18. The fraction of sp³-hybridized carbons (Fsp3) is 0.200. The second kappa shape index (κ2) is 4.46. The van der Waals surface area contributed by atoms with E-state index in [2.05, 4.69) is 14.9 Å². The summed E-state index contributed by atoms with van der Waals surface area (Å²) in [5.74, 6) is -2.27. The minimum atomic E-state index is -1.09. The Hall–Kier alpha value is -2.02. The Labute approximate surface area is 95.2 Å². The Balaban J connectivity index is 2.49. The van der Waals surface area contributed by atoms with Crippen LogP contribution in [0.2, 0.25) is 0 Å². The molecule has 5 nitrogen and oxygen atoms in total. The largest absolute Gasteiger partial charge is 0.494 e. The Morgan fingerprint density at radius 1 is 1.35 bits per heavy atom. The first-order valence-corrected chi connectivity index (χ1v) is 4.72. The Kier molecular flexibility index (Phi) is 3.01. The monoisotopic (exact) mass is 241 g/mol. The van der Waals surface area contributed by atoms with Gasteiger partial charge in [-0.1, -0.05) is 5.16 Å². The molecule has 2 N–H and O–H groups in total. The molecule has 2 aromatic rings. The van der Waals surface area contributed by atoms with Crippen molar-refractivity contribution in [1.29, 1.82) is 0 Å². The normalized spacial score (nSPS) is 10.6. The zero-order valence-corrected chi connectivity index (χ0v) is 8.91. The van der Waals surface area contributed by atoms with E-state index in [0.29, 0.717) is 0 Å². The van der Waals surface area contributed by atoms with E-state index >= 15 is 0 Å². The first-order chi connectivity index (χ1) is 8.17. The summed E-state index contributed by atoms with van der Waals surface area (Å²) in [6.07, 6.45) is 0. The van der Waals surface area contributed by atoms with Gasteiger partial charge in [-0.2, -0.15) is 9.37 Å². The van der Waals surface area contributed by atoms with Crippen molar-refractivity contribution in [3.63, 3.8) is 0 Å². The minimum Gasteiger partial charge on any atom is -0.494 e. The SMILES string of the molecule is COc1ccc(-c2noc(CN)n2)c(F)c1F. The molecule has 0 aliphatic carbocycles. The molecule has 0 aliphatic rings. The summed E-state index contributed by atoms with van der Waals surface area (Å²) in [5, 5.41) is 3.50. The van der Waals surface area contributed by atoms with Crippen molar-refractivity contribution in [1.82, 2.24) is 10.1 Å². The van der Waals surface area contributed by atoms with Gasteiger partial charge in [-0.15, -0.1) is 0 Å². The molecule has 0 amide bonds. The standard InChI is InChI=1S/C10H9F2N3O2/c1-16-6-3-2-5(8(11)9(6)12)10-14-7(4-13)17-15-10/h2-3H,4,13H2,1H3. The number of hydrogen-bond donors (Lipinski definition) is 1. The molecule has 0 saturated carbocycles. The molecule has 7 heteroatoms. The van der Waals surface area contributed by atoms with E-state index in [4.69, 9.17) is 10.3 Å². The van der Waals surface area contributed by atoms with Crippen LogP contribution in [0, 0.1) is 11.6 Å². The van der Waals surface area contributed by atoms with Gasteiger partial charge in [0.2, 0.25) is 17.5 Å². The second-order valence-corrected chi connectivity index (χ2v) is 3.16. The fourth-order valence-electron chi connectivity index (χ4n) is 1.31. The number of methoxy groups -OCH3 is 1. The predicted octanol–water partition coefficient (Wildman–Crippen LogP) is 1.48. The van der Waals surface area contributed by atoms with Gasteiger partial charge in [0.1, 0.15) is 0 Å². The van der Waals surface area contributed by atoms with E-state index in [1.54, 1.807) is 0 Å². The molecule has 17 heavy (non-hydrogen) atoms. The van der Waals surface area contributed by atoms with E-state index in [1.807, 2.05) is 0 Å². The summed E-state index contributed by atoms with van der Waals surface area (Å²) < 4.78 is 36.4. The number of benzene rings is 1. The molecule has 2 rings (SSSR count). The average molecular weight is 241 g/mol. The second-order valence-electron chi connectivity index (χ2n) is 3.16. The molecular weight excluding hydrogens is 232 g/mol. The highest BCUT2D eigenvalue weighted by Crippen LogP contribution is 2.27. The molecule has 0 unspecified atom stereocenters. The van der Waals surface area contributed by atoms with Crippen LogP contribution in [0.1, 0.15) is 5.89 Å². The molecule has 1 heterocycles. The smallest absolute Gasteiger partial charge is 0.240 e. The van der Waals surface area contributed by atoms with Gasteiger partial charge in [-0.25, -0.2) is 4.39 Å². The molecule has 0 saturated heterocycles. The molecule has 0 radical (unpaired) electrons. The predicted molar refractivity (Wildman–Crippen MR) is 54.1 cm³/mol. The van der Waals surface area contributed by atoms with Crippen molar-refractivity contribution < 1.29 is 18.0 Å². The Morgan fingerprint density at radius 3 is 2.71 bits per heavy atom. The minimum absolute atomic E-state index is 0.0350. The van der Waals surface area contributed by atoms with E-state index in [9.17, 15) is 8.78 Å². The van der Waals surface area contributed by atoms with E-state index in [-0.39, 0.29) is 29.6 Å². The molecule has 0 aliphatic heterocycles. The molecule has 90 valence electrons. The number of halogens is 2. The first-order valence-electron chi connectivity index (χ1n) is 4.72. The Morgan fingerprint density at radius 2 is 2.12 bits per heavy atom. The van der Waals surface area contributed by atoms with Crippen molar-refractivity contribution in [2.75, 3.05) is 7.11 Å². The lowest BCUT2D eigenvalue weighted by Crippen LogP contribution is -1.97. The molecule has 0 atom stereocenters. The van der Waals surface area contributed by atoms with Gasteiger partial charge >= 0.3 is 0 Å². The summed E-state index contributed by atoms with van der Waals surface area (Å²) in [6.45, 7) is 0.0350. The third-order valence-electron chi connectivity index (χ3n) is 2.15. The van der Waals surface area contributed by atoms with Crippen LogP contribution in [0.4, 0.5) is 8.78 Å². The Bertz CT molecular complexity index is 542. The van der Waals surface area contributed by atoms with Crippen LogP contribution < -0.4 is 10.5 Å². The number of ether oxygens (including phenoxy) is 1. The van der Waals surface area contributed by atoms with Gasteiger partial charge in [0.15, 0.2) is 11.6 Å². The number of nitrogens with two attached hydrogens (primary N) is 1. The zero-order valence-electron chi connectivity index (χ0n) is 8.91. The summed E-state index contributed by atoms with van der Waals surface area (Å²) >= 11 is 0. The lowest BCUT2D eigenvalue weighted by molar-refractivity contribution is 0.371. The summed E-state index contributed by atoms with van der Waals surface area (Å²) in [7, 11) is 1.25. The van der Waals surface area contributed by atoms with E-state index in [0.717, 1.165) is 0 Å². The lowest BCUT2D eigenvalue weighted by Gasteiger charge is -2.04. The van der Waals surface area contributed by atoms with Crippen LogP contribution >= 0.6 is 0 Å². The van der Waals surface area contributed by atoms with Gasteiger partial charge in [-0.3, -0.25) is 0 Å². The van der Waals surface area contributed by atoms with Crippen LogP contribution in [0.3, 0.4) is 0 Å². The molecule has 1 aromatic carbocycles. The maximum Gasteiger partial charge on any atom is 0.240 e. The summed E-state index contributed by atoms with van der Waals surface area (Å²) in [5.41, 5.74) is 5.17. The van der Waals surface area contributed by atoms with Gasteiger partial charge in [0, 0.05) is 0 Å². The summed E-state index contributed by atoms with van der Waals surface area (Å²) in [4.78, 5) is 3.81. The maximum absolute atomic E-state index is 13.6. The number of nitrogens with zero attached hydrogens (tertiary/aromatic N) is 2. The molecular formula is C10H9F2N3O2. The van der Waals surface area contributed by atoms with Crippen LogP contribution in [0.15, 0.2) is 16.7 Å². The summed E-state index contributed by atoms with van der Waals surface area (Å²) in [6, 6.07) is 2.59. The molecule has 1 aromatic heterocycles. The zero-order chi connectivity index (χ0) is 12.4. The number of aromatic nitrogens is 2. The van der Waals surface area contributed by atoms with Gasteiger partial charge in [0.05, 0.1) is 19.2 Å². The van der Waals surface area contributed by atoms with Crippen LogP contribution in [0.5, 0.6) is 5.75 Å². The fourth-order valence-corrected chi connectivity index (χ4v) is 1.31. The first kappa shape index (κ1) is 11.5. The highest BCUT2D eigenvalue weighted by atomic mass is 19.2. The highest BCUT2D eigenvalue weighted by molar-refractivity contribution is 5.57. The molecule has 0 fully saturated rings. The quantitative estimate of drug-likeness (QED) is 0.881. The third kappa shape index (κ3) is 1.96. The van der Waals surface area contributed by atoms with E-state index in [1.165, 1.54) is 19.2 Å². The topological polar surface area (TPSA) is 74.2 Å². The van der Waals surface area contributed by atoms with Gasteiger partial charge in [0.25, 0.3) is 0 Å². The molecule has 0 spiro atoms. The lowest BCUT2D eigenvalue weighted by atomic mass is 10.2. The van der Waals surface area contributed by atoms with Gasteiger partial charge in [-0.05, 0) is 12.1 Å². The number of hydrogen-bond acceptors (Lipinski definition) is 5.